The normalized spacial score (nSPS) is 17.1. The van der Waals surface area contributed by atoms with E-state index in [1.807, 2.05) is 12.1 Å². The Kier molecular flexibility index (Phi) is 5.37. The SMILES string of the molecule is O=C(CCNC(=O)c1ccc([C@H]2CCCO2)s1)Nc1nccs1. The number of amides is 2. The maximum atomic E-state index is 12.1. The Bertz CT molecular complexity index is 663. The van der Waals surface area contributed by atoms with Gasteiger partial charge in [0.2, 0.25) is 5.91 Å². The van der Waals surface area contributed by atoms with Gasteiger partial charge < -0.3 is 15.4 Å². The summed E-state index contributed by atoms with van der Waals surface area (Å²) in [6.07, 6.45) is 4.06. The van der Waals surface area contributed by atoms with Crippen LogP contribution in [0.1, 0.15) is 39.9 Å². The fourth-order valence-electron chi connectivity index (χ4n) is 2.29. The maximum absolute atomic E-state index is 12.1. The van der Waals surface area contributed by atoms with E-state index in [0.29, 0.717) is 16.6 Å². The summed E-state index contributed by atoms with van der Waals surface area (Å²) in [6, 6.07) is 3.76. The van der Waals surface area contributed by atoms with Crippen LogP contribution in [-0.4, -0.2) is 29.9 Å². The number of thiazole rings is 1. The molecule has 0 bridgehead atoms. The van der Waals surface area contributed by atoms with Gasteiger partial charge in [-0.3, -0.25) is 9.59 Å². The molecule has 122 valence electrons. The quantitative estimate of drug-likeness (QED) is 0.839. The zero-order chi connectivity index (χ0) is 16.1. The van der Waals surface area contributed by atoms with E-state index >= 15 is 0 Å². The first-order chi connectivity index (χ1) is 11.2. The van der Waals surface area contributed by atoms with Crippen molar-refractivity contribution in [3.05, 3.63) is 33.5 Å². The lowest BCUT2D eigenvalue weighted by Gasteiger charge is -2.05. The van der Waals surface area contributed by atoms with E-state index in [1.165, 1.54) is 22.7 Å². The van der Waals surface area contributed by atoms with Crippen molar-refractivity contribution in [1.82, 2.24) is 10.3 Å². The van der Waals surface area contributed by atoms with Gasteiger partial charge in [-0.1, -0.05) is 0 Å². The first kappa shape index (κ1) is 16.1. The van der Waals surface area contributed by atoms with Gasteiger partial charge in [-0.25, -0.2) is 4.98 Å². The highest BCUT2D eigenvalue weighted by Gasteiger charge is 2.20. The summed E-state index contributed by atoms with van der Waals surface area (Å²) in [5.41, 5.74) is 0. The number of thiophene rings is 1. The fraction of sp³-hybridized carbons (Fsp3) is 0.400. The van der Waals surface area contributed by atoms with Gasteiger partial charge >= 0.3 is 0 Å². The molecule has 0 unspecified atom stereocenters. The van der Waals surface area contributed by atoms with E-state index < -0.39 is 0 Å². The molecule has 2 N–H and O–H groups in total. The highest BCUT2D eigenvalue weighted by Crippen LogP contribution is 2.33. The summed E-state index contributed by atoms with van der Waals surface area (Å²) in [6.45, 7) is 1.08. The number of nitrogens with zero attached hydrogens (tertiary/aromatic N) is 1. The summed E-state index contributed by atoms with van der Waals surface area (Å²) in [5.74, 6) is -0.312. The molecule has 2 aromatic rings. The van der Waals surface area contributed by atoms with Crippen LogP contribution in [0.25, 0.3) is 0 Å². The lowest BCUT2D eigenvalue weighted by molar-refractivity contribution is -0.116. The Hall–Kier alpha value is -1.77. The van der Waals surface area contributed by atoms with Crippen molar-refractivity contribution in [3.8, 4) is 0 Å². The molecule has 0 aromatic carbocycles. The second-order valence-electron chi connectivity index (χ2n) is 5.10. The standard InChI is InChI=1S/C15H17N3O3S2/c19-13(18-15-17-7-9-22-15)5-6-16-14(20)12-4-3-11(23-12)10-2-1-8-21-10/h3-4,7,9-10H,1-2,5-6,8H2,(H,16,20)(H,17,18,19)/t10-/m1/s1. The molecular weight excluding hydrogens is 334 g/mol. The van der Waals surface area contributed by atoms with Gasteiger partial charge in [-0.05, 0) is 25.0 Å². The minimum Gasteiger partial charge on any atom is -0.373 e. The molecule has 0 saturated carbocycles. The summed E-state index contributed by atoms with van der Waals surface area (Å²) in [4.78, 5) is 29.5. The Morgan fingerprint density at radius 3 is 3.04 bits per heavy atom. The van der Waals surface area contributed by atoms with Crippen molar-refractivity contribution >= 4 is 39.6 Å². The topological polar surface area (TPSA) is 80.3 Å². The molecule has 2 aromatic heterocycles. The number of carbonyl (C=O) groups is 2. The monoisotopic (exact) mass is 351 g/mol. The predicted molar refractivity (Wildman–Crippen MR) is 89.9 cm³/mol. The van der Waals surface area contributed by atoms with Crippen molar-refractivity contribution in [1.29, 1.82) is 0 Å². The highest BCUT2D eigenvalue weighted by molar-refractivity contribution is 7.14. The van der Waals surface area contributed by atoms with Gasteiger partial charge in [0, 0.05) is 36.0 Å². The number of hydrogen-bond donors (Lipinski definition) is 2. The number of ether oxygens (including phenoxy) is 1. The van der Waals surface area contributed by atoms with Gasteiger partial charge in [-0.15, -0.1) is 22.7 Å². The zero-order valence-corrected chi connectivity index (χ0v) is 14.0. The number of carbonyl (C=O) groups excluding carboxylic acids is 2. The maximum Gasteiger partial charge on any atom is 0.261 e. The van der Waals surface area contributed by atoms with E-state index in [0.717, 1.165) is 24.3 Å². The van der Waals surface area contributed by atoms with Gasteiger partial charge in [0.1, 0.15) is 0 Å². The van der Waals surface area contributed by atoms with Crippen LogP contribution in [0, 0.1) is 0 Å². The second-order valence-corrected chi connectivity index (χ2v) is 7.10. The van der Waals surface area contributed by atoms with Crippen LogP contribution in [0.4, 0.5) is 5.13 Å². The minimum absolute atomic E-state index is 0.130. The third-order valence-electron chi connectivity index (χ3n) is 3.41. The summed E-state index contributed by atoms with van der Waals surface area (Å²) < 4.78 is 5.62. The first-order valence-electron chi connectivity index (χ1n) is 7.41. The van der Waals surface area contributed by atoms with E-state index in [4.69, 9.17) is 4.74 Å². The Morgan fingerprint density at radius 1 is 1.39 bits per heavy atom. The molecule has 2 amide bonds. The molecule has 3 rings (SSSR count). The summed E-state index contributed by atoms with van der Waals surface area (Å²) >= 11 is 2.82. The number of aromatic nitrogens is 1. The van der Waals surface area contributed by atoms with Gasteiger partial charge in [0.05, 0.1) is 11.0 Å². The summed E-state index contributed by atoms with van der Waals surface area (Å²) in [5, 5.41) is 7.81. The number of rotatable bonds is 6. The molecule has 6 nitrogen and oxygen atoms in total. The van der Waals surface area contributed by atoms with E-state index in [2.05, 4.69) is 15.6 Å². The van der Waals surface area contributed by atoms with E-state index in [9.17, 15) is 9.59 Å². The molecule has 0 aliphatic carbocycles. The van der Waals surface area contributed by atoms with E-state index in [1.54, 1.807) is 11.6 Å². The summed E-state index contributed by atoms with van der Waals surface area (Å²) in [7, 11) is 0. The van der Waals surface area contributed by atoms with Crippen LogP contribution in [0.5, 0.6) is 0 Å². The van der Waals surface area contributed by atoms with Crippen molar-refractivity contribution in [3.63, 3.8) is 0 Å². The van der Waals surface area contributed by atoms with Crippen LogP contribution in [0.2, 0.25) is 0 Å². The van der Waals surface area contributed by atoms with Crippen LogP contribution >= 0.6 is 22.7 Å². The third-order valence-corrected chi connectivity index (χ3v) is 5.28. The largest absolute Gasteiger partial charge is 0.373 e. The molecule has 8 heteroatoms. The third kappa shape index (κ3) is 4.37. The number of hydrogen-bond acceptors (Lipinski definition) is 6. The van der Waals surface area contributed by atoms with Crippen LogP contribution in [0.3, 0.4) is 0 Å². The van der Waals surface area contributed by atoms with Crippen molar-refractivity contribution in [2.75, 3.05) is 18.5 Å². The molecule has 0 spiro atoms. The lowest BCUT2D eigenvalue weighted by Crippen LogP contribution is -2.27. The van der Waals surface area contributed by atoms with Crippen molar-refractivity contribution in [2.24, 2.45) is 0 Å². The molecule has 1 fully saturated rings. The predicted octanol–water partition coefficient (Wildman–Crippen LogP) is 2.81. The fourth-order valence-corrected chi connectivity index (χ4v) is 3.85. The van der Waals surface area contributed by atoms with Gasteiger partial charge in [-0.2, -0.15) is 0 Å². The first-order valence-corrected chi connectivity index (χ1v) is 9.11. The van der Waals surface area contributed by atoms with Gasteiger partial charge in [0.15, 0.2) is 5.13 Å². The Morgan fingerprint density at radius 2 is 2.30 bits per heavy atom. The number of nitrogens with one attached hydrogen (secondary N) is 2. The molecule has 1 saturated heterocycles. The average Bonchev–Trinajstić information content (AvgIpc) is 3.28. The number of anilines is 1. The van der Waals surface area contributed by atoms with E-state index in [-0.39, 0.29) is 24.3 Å². The second kappa shape index (κ2) is 7.67. The minimum atomic E-state index is -0.161. The molecule has 1 aliphatic heterocycles. The molecular formula is C15H17N3O3S2. The average molecular weight is 351 g/mol. The molecule has 1 atom stereocenters. The van der Waals surface area contributed by atoms with Crippen molar-refractivity contribution in [2.45, 2.75) is 25.4 Å². The van der Waals surface area contributed by atoms with Crippen LogP contribution in [0.15, 0.2) is 23.7 Å². The van der Waals surface area contributed by atoms with Crippen LogP contribution < -0.4 is 10.6 Å². The Balaban J connectivity index is 1.43. The molecule has 0 radical (unpaired) electrons. The Labute approximate surface area is 141 Å². The highest BCUT2D eigenvalue weighted by atomic mass is 32.1. The molecule has 1 aliphatic rings. The molecule has 3 heterocycles. The molecule has 23 heavy (non-hydrogen) atoms. The van der Waals surface area contributed by atoms with Gasteiger partial charge in [0.25, 0.3) is 5.91 Å². The van der Waals surface area contributed by atoms with Crippen molar-refractivity contribution < 1.29 is 14.3 Å². The zero-order valence-electron chi connectivity index (χ0n) is 12.4. The smallest absolute Gasteiger partial charge is 0.261 e. The lowest BCUT2D eigenvalue weighted by atomic mass is 10.2. The van der Waals surface area contributed by atoms with Crippen LogP contribution in [-0.2, 0) is 9.53 Å².